The lowest BCUT2D eigenvalue weighted by molar-refractivity contribution is 0.216. The number of ether oxygens (including phenoxy) is 1. The Kier molecular flexibility index (Phi) is 4.95. The molecule has 0 saturated heterocycles. The van der Waals surface area contributed by atoms with Gasteiger partial charge in [0.05, 0.1) is 0 Å². The van der Waals surface area contributed by atoms with Crippen LogP contribution in [-0.2, 0) is 0 Å². The zero-order valence-electron chi connectivity index (χ0n) is 11.0. The first kappa shape index (κ1) is 14.3. The van der Waals surface area contributed by atoms with Crippen LogP contribution in [0.15, 0.2) is 36.4 Å². The number of halogens is 1. The molecule has 4 N–H and O–H groups in total. The van der Waals surface area contributed by atoms with Crippen molar-refractivity contribution in [2.45, 2.75) is 18.9 Å². The van der Waals surface area contributed by atoms with Crippen LogP contribution in [0.2, 0.25) is 0 Å². The molecule has 2 atom stereocenters. The van der Waals surface area contributed by atoms with Gasteiger partial charge in [0.1, 0.15) is 17.7 Å². The predicted octanol–water partition coefficient (Wildman–Crippen LogP) is 1.71. The molecule has 2 amide bonds. The van der Waals surface area contributed by atoms with E-state index in [0.717, 1.165) is 12.8 Å². The molecule has 0 spiro atoms. The van der Waals surface area contributed by atoms with Crippen molar-refractivity contribution in [1.29, 1.82) is 0 Å². The molecule has 0 bridgehead atoms. The number of amides is 2. The average Bonchev–Trinajstić information content (AvgIpc) is 2.43. The van der Waals surface area contributed by atoms with E-state index in [1.165, 1.54) is 12.1 Å². The van der Waals surface area contributed by atoms with Crippen LogP contribution < -0.4 is 21.3 Å². The summed E-state index contributed by atoms with van der Waals surface area (Å²) in [6.45, 7) is 0.628. The van der Waals surface area contributed by atoms with Crippen molar-refractivity contribution in [2.24, 2.45) is 11.7 Å². The molecule has 2 rings (SSSR count). The molecule has 1 aliphatic carbocycles. The molecule has 108 valence electrons. The third-order valence-electron chi connectivity index (χ3n) is 3.10. The number of benzene rings is 1. The lowest BCUT2D eigenvalue weighted by Gasteiger charge is -2.24. The highest BCUT2D eigenvalue weighted by atomic mass is 19.1. The van der Waals surface area contributed by atoms with Crippen LogP contribution in [0.4, 0.5) is 9.18 Å². The summed E-state index contributed by atoms with van der Waals surface area (Å²) in [7, 11) is 0. The van der Waals surface area contributed by atoms with E-state index in [1.54, 1.807) is 12.1 Å². The number of carbonyl (C=O) groups is 1. The fourth-order valence-corrected chi connectivity index (χ4v) is 2.08. The van der Waals surface area contributed by atoms with Gasteiger partial charge in [-0.05, 0) is 49.1 Å². The number of hydrogen-bond acceptors (Lipinski definition) is 3. The number of rotatable bonds is 5. The lowest BCUT2D eigenvalue weighted by atomic mass is 9.94. The highest BCUT2D eigenvalue weighted by molar-refractivity contribution is 5.70. The third-order valence-corrected chi connectivity index (χ3v) is 3.10. The first-order valence-electron chi connectivity index (χ1n) is 6.52. The Labute approximate surface area is 117 Å². The maximum Gasteiger partial charge on any atom is 0.326 e. The smallest absolute Gasteiger partial charge is 0.326 e. The molecular formula is C14H18FN3O2. The van der Waals surface area contributed by atoms with Gasteiger partial charge >= 0.3 is 6.03 Å². The monoisotopic (exact) mass is 279 g/mol. The van der Waals surface area contributed by atoms with Gasteiger partial charge < -0.3 is 10.5 Å². The fraction of sp³-hybridized carbons (Fsp3) is 0.357. The van der Waals surface area contributed by atoms with Crippen LogP contribution in [0.3, 0.4) is 0 Å². The molecule has 5 nitrogen and oxygen atoms in total. The van der Waals surface area contributed by atoms with E-state index in [0.29, 0.717) is 18.2 Å². The van der Waals surface area contributed by atoms with Crippen molar-refractivity contribution in [2.75, 3.05) is 6.54 Å². The second kappa shape index (κ2) is 6.91. The van der Waals surface area contributed by atoms with E-state index >= 15 is 0 Å². The molecule has 1 aliphatic rings. The normalized spacial score (nSPS) is 21.4. The summed E-state index contributed by atoms with van der Waals surface area (Å²) < 4.78 is 18.5. The SMILES string of the molecule is NC(=O)NNCC1C=CC(Oc2ccc(F)cc2)CC1. The molecule has 0 radical (unpaired) electrons. The van der Waals surface area contributed by atoms with Crippen molar-refractivity contribution >= 4 is 6.03 Å². The minimum absolute atomic E-state index is 0.000751. The van der Waals surface area contributed by atoms with Gasteiger partial charge in [0.25, 0.3) is 0 Å². The van der Waals surface area contributed by atoms with Crippen molar-refractivity contribution in [3.63, 3.8) is 0 Å². The summed E-state index contributed by atoms with van der Waals surface area (Å²) >= 11 is 0. The summed E-state index contributed by atoms with van der Waals surface area (Å²) in [4.78, 5) is 10.5. The topological polar surface area (TPSA) is 76.4 Å². The Morgan fingerprint density at radius 1 is 1.30 bits per heavy atom. The van der Waals surface area contributed by atoms with Gasteiger partial charge in [0.2, 0.25) is 0 Å². The number of urea groups is 1. The van der Waals surface area contributed by atoms with E-state index in [-0.39, 0.29) is 11.9 Å². The van der Waals surface area contributed by atoms with Gasteiger partial charge in [0.15, 0.2) is 0 Å². The molecule has 1 aromatic rings. The zero-order valence-corrected chi connectivity index (χ0v) is 11.0. The van der Waals surface area contributed by atoms with Crippen molar-refractivity contribution < 1.29 is 13.9 Å². The molecule has 20 heavy (non-hydrogen) atoms. The van der Waals surface area contributed by atoms with Gasteiger partial charge in [-0.2, -0.15) is 0 Å². The summed E-state index contributed by atoms with van der Waals surface area (Å²) in [6, 6.07) is 5.40. The van der Waals surface area contributed by atoms with Crippen molar-refractivity contribution in [1.82, 2.24) is 10.9 Å². The maximum atomic E-state index is 12.8. The van der Waals surface area contributed by atoms with Crippen molar-refractivity contribution in [3.05, 3.63) is 42.2 Å². The highest BCUT2D eigenvalue weighted by Gasteiger charge is 2.16. The van der Waals surface area contributed by atoms with Crippen LogP contribution in [0.1, 0.15) is 12.8 Å². The van der Waals surface area contributed by atoms with E-state index < -0.39 is 6.03 Å². The van der Waals surface area contributed by atoms with E-state index in [9.17, 15) is 9.18 Å². The summed E-state index contributed by atoms with van der Waals surface area (Å²) in [5.41, 5.74) is 10.1. The molecule has 0 heterocycles. The number of hydrazine groups is 1. The van der Waals surface area contributed by atoms with Crippen LogP contribution >= 0.6 is 0 Å². The standard InChI is InChI=1S/C14H18FN3O2/c15-11-3-7-13(8-4-11)20-12-5-1-10(2-6-12)9-17-18-14(16)19/h1,3-5,7-8,10,12,17H,2,6,9H2,(H3,16,18,19). The van der Waals surface area contributed by atoms with Gasteiger partial charge in [0, 0.05) is 6.54 Å². The van der Waals surface area contributed by atoms with Crippen LogP contribution in [0.25, 0.3) is 0 Å². The number of hydrogen-bond donors (Lipinski definition) is 3. The zero-order chi connectivity index (χ0) is 14.4. The van der Waals surface area contributed by atoms with Crippen molar-refractivity contribution in [3.8, 4) is 5.75 Å². The predicted molar refractivity (Wildman–Crippen MR) is 73.4 cm³/mol. The van der Waals surface area contributed by atoms with Crippen LogP contribution in [0, 0.1) is 11.7 Å². The third kappa shape index (κ3) is 4.55. The number of carbonyl (C=O) groups excluding carboxylic acids is 1. The maximum absolute atomic E-state index is 12.8. The highest BCUT2D eigenvalue weighted by Crippen LogP contribution is 2.22. The first-order chi connectivity index (χ1) is 9.63. The number of nitrogens with one attached hydrogen (secondary N) is 2. The van der Waals surface area contributed by atoms with E-state index in [1.807, 2.05) is 12.2 Å². The summed E-state index contributed by atoms with van der Waals surface area (Å²) in [6.07, 6.45) is 5.85. The Hall–Kier alpha value is -2.08. The fourth-order valence-electron chi connectivity index (χ4n) is 2.08. The lowest BCUT2D eigenvalue weighted by Crippen LogP contribution is -2.43. The second-order valence-corrected chi connectivity index (χ2v) is 4.70. The molecule has 0 saturated carbocycles. The summed E-state index contributed by atoms with van der Waals surface area (Å²) in [5.74, 6) is 0.715. The average molecular weight is 279 g/mol. The van der Waals surface area contributed by atoms with Gasteiger partial charge in [-0.3, -0.25) is 5.43 Å². The number of nitrogens with two attached hydrogens (primary N) is 1. The largest absolute Gasteiger partial charge is 0.486 e. The van der Waals surface area contributed by atoms with Gasteiger partial charge in [-0.15, -0.1) is 0 Å². The van der Waals surface area contributed by atoms with Crippen LogP contribution in [0.5, 0.6) is 5.75 Å². The minimum atomic E-state index is -0.595. The molecule has 0 aromatic heterocycles. The molecule has 0 fully saturated rings. The summed E-state index contributed by atoms with van der Waals surface area (Å²) in [5, 5.41) is 0. The van der Waals surface area contributed by atoms with Gasteiger partial charge in [-0.1, -0.05) is 6.08 Å². The Bertz CT molecular complexity index is 476. The quantitative estimate of drug-likeness (QED) is 0.567. The molecule has 6 heteroatoms. The second-order valence-electron chi connectivity index (χ2n) is 4.70. The van der Waals surface area contributed by atoms with Gasteiger partial charge in [-0.25, -0.2) is 14.6 Å². The molecular weight excluding hydrogens is 261 g/mol. The number of primary amides is 1. The Morgan fingerprint density at radius 2 is 2.05 bits per heavy atom. The first-order valence-corrected chi connectivity index (χ1v) is 6.52. The molecule has 1 aromatic carbocycles. The molecule has 0 aliphatic heterocycles. The molecule has 2 unspecified atom stereocenters. The van der Waals surface area contributed by atoms with Crippen LogP contribution in [-0.4, -0.2) is 18.7 Å². The van der Waals surface area contributed by atoms with E-state index in [2.05, 4.69) is 10.9 Å². The Balaban J connectivity index is 1.77. The minimum Gasteiger partial charge on any atom is -0.486 e. The van der Waals surface area contributed by atoms with E-state index in [4.69, 9.17) is 10.5 Å². The Morgan fingerprint density at radius 3 is 2.65 bits per heavy atom.